The van der Waals surface area contributed by atoms with Crippen molar-refractivity contribution in [3.05, 3.63) is 41.5 Å². The molecule has 28 heavy (non-hydrogen) atoms. The average Bonchev–Trinajstić information content (AvgIpc) is 3.07. The Labute approximate surface area is 167 Å². The Kier molecular flexibility index (Phi) is 6.60. The minimum Gasteiger partial charge on any atom is -0.497 e. The van der Waals surface area contributed by atoms with Gasteiger partial charge in [-0.3, -0.25) is 4.79 Å². The topological polar surface area (TPSA) is 56.6 Å². The Morgan fingerprint density at radius 1 is 1.21 bits per heavy atom. The van der Waals surface area contributed by atoms with E-state index in [1.807, 2.05) is 11.1 Å². The molecule has 1 aliphatic rings. The van der Waals surface area contributed by atoms with Crippen LogP contribution in [0.2, 0.25) is 0 Å². The van der Waals surface area contributed by atoms with Gasteiger partial charge in [0.25, 0.3) is 5.91 Å². The molecule has 152 valence electrons. The van der Waals surface area contributed by atoms with Crippen LogP contribution in [0.25, 0.3) is 0 Å². The van der Waals surface area contributed by atoms with E-state index in [0.29, 0.717) is 23.0 Å². The molecule has 2 aromatic rings. The highest BCUT2D eigenvalue weighted by Crippen LogP contribution is 2.28. The average molecular weight is 386 g/mol. The van der Waals surface area contributed by atoms with Gasteiger partial charge in [-0.05, 0) is 44.2 Å². The lowest BCUT2D eigenvalue weighted by Gasteiger charge is -2.32. The molecule has 0 aliphatic carbocycles. The van der Waals surface area contributed by atoms with Gasteiger partial charge in [-0.2, -0.15) is 0 Å². The molecule has 3 rings (SSSR count). The van der Waals surface area contributed by atoms with Crippen molar-refractivity contribution >= 4 is 5.91 Å². The Bertz CT molecular complexity index is 807. The molecule has 0 radical (unpaired) electrons. The number of piperidine rings is 1. The van der Waals surface area contributed by atoms with Gasteiger partial charge in [0, 0.05) is 44.0 Å². The molecule has 0 N–H and O–H groups in total. The number of methoxy groups -OCH3 is 2. The van der Waals surface area contributed by atoms with Gasteiger partial charge in [0.15, 0.2) is 0 Å². The van der Waals surface area contributed by atoms with Crippen molar-refractivity contribution < 1.29 is 14.3 Å². The van der Waals surface area contributed by atoms with Crippen molar-refractivity contribution in [3.63, 3.8) is 0 Å². The number of amides is 1. The van der Waals surface area contributed by atoms with Gasteiger partial charge in [0.05, 0.1) is 19.8 Å². The highest BCUT2D eigenvalue weighted by Gasteiger charge is 2.26. The van der Waals surface area contributed by atoms with Crippen molar-refractivity contribution in [3.8, 4) is 11.5 Å². The molecule has 1 fully saturated rings. The van der Waals surface area contributed by atoms with Crippen LogP contribution in [0, 0.1) is 12.8 Å². The lowest BCUT2D eigenvalue weighted by molar-refractivity contribution is 0.0686. The van der Waals surface area contributed by atoms with E-state index in [1.165, 1.54) is 11.5 Å². The van der Waals surface area contributed by atoms with Crippen molar-refractivity contribution in [2.45, 2.75) is 46.1 Å². The summed E-state index contributed by atoms with van der Waals surface area (Å²) in [5, 5.41) is 0. The normalized spacial score (nSPS) is 14.9. The summed E-state index contributed by atoms with van der Waals surface area (Å²) in [5.74, 6) is 3.02. The van der Waals surface area contributed by atoms with Crippen LogP contribution in [-0.2, 0) is 13.0 Å². The van der Waals surface area contributed by atoms with E-state index in [4.69, 9.17) is 9.47 Å². The Morgan fingerprint density at radius 3 is 2.61 bits per heavy atom. The monoisotopic (exact) mass is 385 g/mol. The van der Waals surface area contributed by atoms with Crippen LogP contribution >= 0.6 is 0 Å². The zero-order chi connectivity index (χ0) is 20.1. The lowest BCUT2D eigenvalue weighted by Crippen LogP contribution is -2.39. The zero-order valence-corrected chi connectivity index (χ0v) is 17.4. The largest absolute Gasteiger partial charge is 0.497 e. The second-order valence-corrected chi connectivity index (χ2v) is 7.47. The first-order valence-corrected chi connectivity index (χ1v) is 10.1. The van der Waals surface area contributed by atoms with Gasteiger partial charge in [0.1, 0.15) is 17.3 Å². The van der Waals surface area contributed by atoms with E-state index < -0.39 is 0 Å². The van der Waals surface area contributed by atoms with Crippen molar-refractivity contribution in [1.29, 1.82) is 0 Å². The predicted molar refractivity (Wildman–Crippen MR) is 109 cm³/mol. The summed E-state index contributed by atoms with van der Waals surface area (Å²) in [4.78, 5) is 19.5. The summed E-state index contributed by atoms with van der Waals surface area (Å²) >= 11 is 0. The first-order valence-electron chi connectivity index (χ1n) is 10.1. The maximum absolute atomic E-state index is 13.0. The molecular weight excluding hydrogens is 354 g/mol. The van der Waals surface area contributed by atoms with Gasteiger partial charge in [-0.15, -0.1) is 0 Å². The molecule has 1 aromatic heterocycles. The third-order valence-electron chi connectivity index (χ3n) is 5.60. The summed E-state index contributed by atoms with van der Waals surface area (Å²) in [7, 11) is 3.19. The number of hydrogen-bond donors (Lipinski definition) is 0. The van der Waals surface area contributed by atoms with Gasteiger partial charge in [0.2, 0.25) is 0 Å². The third kappa shape index (κ3) is 4.32. The fourth-order valence-electron chi connectivity index (χ4n) is 3.95. The molecule has 1 aliphatic heterocycles. The molecule has 2 heterocycles. The predicted octanol–water partition coefficient (Wildman–Crippen LogP) is 3.71. The Balaban J connectivity index is 1.62. The zero-order valence-electron chi connectivity index (χ0n) is 17.4. The van der Waals surface area contributed by atoms with Crippen molar-refractivity contribution in [2.24, 2.45) is 5.92 Å². The van der Waals surface area contributed by atoms with Gasteiger partial charge >= 0.3 is 0 Å². The Morgan fingerprint density at radius 2 is 1.96 bits per heavy atom. The number of ether oxygens (including phenoxy) is 2. The standard InChI is InChI=1S/C22H31N3O3/c1-5-10-25-16(2)15-23-21(25)13-17-8-11-24(12-9-17)22(26)19-7-6-18(27-3)14-20(19)28-4/h6-7,14-15,17H,5,8-13H2,1-4H3. The summed E-state index contributed by atoms with van der Waals surface area (Å²) in [6.07, 6.45) is 6.08. The number of nitrogens with zero attached hydrogens (tertiary/aromatic N) is 3. The lowest BCUT2D eigenvalue weighted by atomic mass is 9.92. The smallest absolute Gasteiger partial charge is 0.257 e. The molecule has 1 saturated heterocycles. The molecule has 6 heteroatoms. The summed E-state index contributed by atoms with van der Waals surface area (Å²) in [5.41, 5.74) is 1.83. The van der Waals surface area contributed by atoms with E-state index in [9.17, 15) is 4.79 Å². The number of benzene rings is 1. The van der Waals surface area contributed by atoms with Gasteiger partial charge < -0.3 is 18.9 Å². The quantitative estimate of drug-likeness (QED) is 0.729. The van der Waals surface area contributed by atoms with Gasteiger partial charge in [-0.1, -0.05) is 6.92 Å². The minimum absolute atomic E-state index is 0.0290. The molecule has 0 unspecified atom stereocenters. The fraction of sp³-hybridized carbons (Fsp3) is 0.545. The number of carbonyl (C=O) groups excluding carboxylic acids is 1. The first-order chi connectivity index (χ1) is 13.6. The summed E-state index contributed by atoms with van der Waals surface area (Å²) < 4.78 is 13.0. The van der Waals surface area contributed by atoms with E-state index in [1.54, 1.807) is 32.4 Å². The molecule has 0 bridgehead atoms. The maximum Gasteiger partial charge on any atom is 0.257 e. The molecule has 0 atom stereocenters. The van der Waals surface area contributed by atoms with E-state index in [0.717, 1.165) is 45.3 Å². The van der Waals surface area contributed by atoms with Crippen LogP contribution in [0.15, 0.2) is 24.4 Å². The molecule has 1 aromatic carbocycles. The number of imidazole rings is 1. The molecule has 0 spiro atoms. The van der Waals surface area contributed by atoms with Crippen LogP contribution in [0.1, 0.15) is 48.1 Å². The third-order valence-corrected chi connectivity index (χ3v) is 5.60. The number of likely N-dealkylation sites (tertiary alicyclic amines) is 1. The number of aryl methyl sites for hydroxylation is 1. The SMILES string of the molecule is CCCn1c(C)cnc1CC1CCN(C(=O)c2ccc(OC)cc2OC)CC1. The first kappa shape index (κ1) is 20.2. The number of hydrogen-bond acceptors (Lipinski definition) is 4. The maximum atomic E-state index is 13.0. The second-order valence-electron chi connectivity index (χ2n) is 7.47. The van der Waals surface area contributed by atoms with Crippen molar-refractivity contribution in [1.82, 2.24) is 14.5 Å². The molecule has 1 amide bonds. The summed E-state index contributed by atoms with van der Waals surface area (Å²) in [6.45, 7) is 6.88. The van der Waals surface area contributed by atoms with Crippen LogP contribution < -0.4 is 9.47 Å². The highest BCUT2D eigenvalue weighted by molar-refractivity contribution is 5.97. The number of aromatic nitrogens is 2. The highest BCUT2D eigenvalue weighted by atomic mass is 16.5. The van der Waals surface area contributed by atoms with Crippen LogP contribution in [0.5, 0.6) is 11.5 Å². The minimum atomic E-state index is 0.0290. The van der Waals surface area contributed by atoms with E-state index >= 15 is 0 Å². The van der Waals surface area contributed by atoms with Gasteiger partial charge in [-0.25, -0.2) is 4.98 Å². The number of rotatable bonds is 7. The van der Waals surface area contributed by atoms with Crippen LogP contribution in [-0.4, -0.2) is 47.7 Å². The molecular formula is C22H31N3O3. The van der Waals surface area contributed by atoms with Crippen molar-refractivity contribution in [2.75, 3.05) is 27.3 Å². The second kappa shape index (κ2) is 9.13. The fourth-order valence-corrected chi connectivity index (χ4v) is 3.95. The number of carbonyl (C=O) groups is 1. The molecule has 0 saturated carbocycles. The summed E-state index contributed by atoms with van der Waals surface area (Å²) in [6, 6.07) is 5.35. The Hall–Kier alpha value is -2.50. The molecule has 6 nitrogen and oxygen atoms in total. The van der Waals surface area contributed by atoms with Crippen LogP contribution in [0.3, 0.4) is 0 Å². The van der Waals surface area contributed by atoms with Crippen LogP contribution in [0.4, 0.5) is 0 Å². The van der Waals surface area contributed by atoms with E-state index in [2.05, 4.69) is 23.4 Å². The van der Waals surface area contributed by atoms with E-state index in [-0.39, 0.29) is 5.91 Å².